The summed E-state index contributed by atoms with van der Waals surface area (Å²) in [5.74, 6) is 2.49. The number of piperidine rings is 1. The van der Waals surface area contributed by atoms with Crippen LogP contribution in [0.25, 0.3) is 0 Å². The third kappa shape index (κ3) is 3.41. The summed E-state index contributed by atoms with van der Waals surface area (Å²) in [6, 6.07) is 0. The number of aromatic nitrogens is 1. The van der Waals surface area contributed by atoms with Crippen LogP contribution in [0.1, 0.15) is 57.1 Å². The summed E-state index contributed by atoms with van der Waals surface area (Å²) < 4.78 is 24.7. The number of carbonyl (C=O) groups is 1. The van der Waals surface area contributed by atoms with Gasteiger partial charge >= 0.3 is 0 Å². The second-order valence-electron chi connectivity index (χ2n) is 9.66. The lowest BCUT2D eigenvalue weighted by molar-refractivity contribution is -0.120. The van der Waals surface area contributed by atoms with Crippen LogP contribution >= 0.6 is 11.3 Å². The minimum Gasteiger partial charge on any atom is -0.302 e. The summed E-state index contributed by atoms with van der Waals surface area (Å²) in [5, 5.41) is 5.90. The molecule has 1 saturated heterocycles. The summed E-state index contributed by atoms with van der Waals surface area (Å²) in [6.07, 6.45) is 10.5. The van der Waals surface area contributed by atoms with Gasteiger partial charge in [-0.25, -0.2) is 17.7 Å². The van der Waals surface area contributed by atoms with Crippen molar-refractivity contribution in [2.75, 3.05) is 24.7 Å². The van der Waals surface area contributed by atoms with Crippen molar-refractivity contribution in [2.45, 2.75) is 56.8 Å². The SMILES string of the molecule is CS(=O)(=O)N1CCC(C(=O)Nc2nc(C34CC5CC(CC(C5)C3)C4)cs2)CC1. The minimum atomic E-state index is -3.16. The molecular formula is C20H29N3O3S2. The second-order valence-corrected chi connectivity index (χ2v) is 12.5. The number of amides is 1. The van der Waals surface area contributed by atoms with Gasteiger partial charge in [0.05, 0.1) is 11.9 Å². The number of sulfonamides is 1. The number of thiazole rings is 1. The Morgan fingerprint density at radius 2 is 1.71 bits per heavy atom. The van der Waals surface area contributed by atoms with Gasteiger partial charge in [-0.05, 0) is 69.1 Å². The van der Waals surface area contributed by atoms with Crippen LogP contribution in [0.3, 0.4) is 0 Å². The molecule has 154 valence electrons. The number of hydrogen-bond acceptors (Lipinski definition) is 5. The summed E-state index contributed by atoms with van der Waals surface area (Å²) in [4.78, 5) is 17.5. The molecule has 28 heavy (non-hydrogen) atoms. The van der Waals surface area contributed by atoms with Crippen LogP contribution in [-0.4, -0.2) is 43.0 Å². The maximum Gasteiger partial charge on any atom is 0.229 e. The van der Waals surface area contributed by atoms with E-state index in [2.05, 4.69) is 10.7 Å². The first kappa shape index (κ1) is 19.0. The van der Waals surface area contributed by atoms with Crippen molar-refractivity contribution in [2.24, 2.45) is 23.7 Å². The molecule has 1 N–H and O–H groups in total. The highest BCUT2D eigenvalue weighted by Gasteiger charge is 2.52. The highest BCUT2D eigenvalue weighted by atomic mass is 32.2. The maximum atomic E-state index is 12.7. The highest BCUT2D eigenvalue weighted by Crippen LogP contribution is 2.60. The van der Waals surface area contributed by atoms with E-state index in [1.165, 1.54) is 54.8 Å². The largest absolute Gasteiger partial charge is 0.302 e. The summed E-state index contributed by atoms with van der Waals surface area (Å²) >= 11 is 1.55. The fraction of sp³-hybridized carbons (Fsp3) is 0.800. The molecule has 8 heteroatoms. The molecule has 0 radical (unpaired) electrons. The minimum absolute atomic E-state index is 0.0143. The van der Waals surface area contributed by atoms with E-state index in [0.717, 1.165) is 17.8 Å². The van der Waals surface area contributed by atoms with Gasteiger partial charge in [-0.1, -0.05) is 0 Å². The van der Waals surface area contributed by atoms with Crippen molar-refractivity contribution in [1.82, 2.24) is 9.29 Å². The van der Waals surface area contributed by atoms with E-state index in [1.54, 1.807) is 11.3 Å². The molecule has 0 unspecified atom stereocenters. The van der Waals surface area contributed by atoms with Crippen molar-refractivity contribution in [3.8, 4) is 0 Å². The fourth-order valence-corrected chi connectivity index (χ4v) is 8.37. The third-order valence-corrected chi connectivity index (χ3v) is 9.67. The lowest BCUT2D eigenvalue weighted by atomic mass is 9.49. The zero-order chi connectivity index (χ0) is 19.5. The van der Waals surface area contributed by atoms with Gasteiger partial charge in [-0.3, -0.25) is 4.79 Å². The van der Waals surface area contributed by atoms with Crippen LogP contribution in [0, 0.1) is 23.7 Å². The molecule has 1 aromatic heterocycles. The fourth-order valence-electron chi connectivity index (χ4n) is 6.66. The maximum absolute atomic E-state index is 12.7. The molecule has 4 aliphatic carbocycles. The van der Waals surface area contributed by atoms with Crippen LogP contribution in [0.4, 0.5) is 5.13 Å². The van der Waals surface area contributed by atoms with Crippen LogP contribution < -0.4 is 5.32 Å². The van der Waals surface area contributed by atoms with Crippen LogP contribution in [0.15, 0.2) is 5.38 Å². The Labute approximate surface area is 171 Å². The topological polar surface area (TPSA) is 79.4 Å². The normalized spacial score (nSPS) is 36.0. The van der Waals surface area contributed by atoms with Gasteiger partial charge in [-0.2, -0.15) is 0 Å². The zero-order valence-electron chi connectivity index (χ0n) is 16.4. The quantitative estimate of drug-likeness (QED) is 0.806. The lowest BCUT2D eigenvalue weighted by Gasteiger charge is -2.56. The number of anilines is 1. The van der Waals surface area contributed by atoms with Gasteiger partial charge in [0.1, 0.15) is 0 Å². The molecule has 4 bridgehead atoms. The van der Waals surface area contributed by atoms with Crippen LogP contribution in [-0.2, 0) is 20.2 Å². The monoisotopic (exact) mass is 423 g/mol. The van der Waals surface area contributed by atoms with E-state index in [-0.39, 0.29) is 17.2 Å². The van der Waals surface area contributed by atoms with E-state index >= 15 is 0 Å². The first-order valence-electron chi connectivity index (χ1n) is 10.5. The van der Waals surface area contributed by atoms with Gasteiger partial charge < -0.3 is 5.32 Å². The summed E-state index contributed by atoms with van der Waals surface area (Å²) in [6.45, 7) is 0.848. The Balaban J connectivity index is 1.23. The van der Waals surface area contributed by atoms with E-state index in [1.807, 2.05) is 0 Å². The lowest BCUT2D eigenvalue weighted by Crippen LogP contribution is -2.48. The number of carbonyl (C=O) groups excluding carboxylic acids is 1. The molecule has 4 saturated carbocycles. The van der Waals surface area contributed by atoms with Crippen molar-refractivity contribution < 1.29 is 13.2 Å². The van der Waals surface area contributed by atoms with Gasteiger partial charge in [0.2, 0.25) is 15.9 Å². The average Bonchev–Trinajstić information content (AvgIpc) is 3.09. The standard InChI is InChI=1S/C20H29N3O3S2/c1-28(25,26)23-4-2-16(3-5-23)18(24)22-19-21-17(12-27-19)20-9-13-6-14(10-20)8-15(7-13)11-20/h12-16H,2-11H2,1H3,(H,21,22,24). The third-order valence-electron chi connectivity index (χ3n) is 7.61. The molecule has 1 amide bonds. The van der Waals surface area contributed by atoms with E-state index in [4.69, 9.17) is 4.98 Å². The van der Waals surface area contributed by atoms with Gasteiger partial charge in [-0.15, -0.1) is 11.3 Å². The molecule has 6 rings (SSSR count). The first-order chi connectivity index (χ1) is 13.3. The van der Waals surface area contributed by atoms with E-state index in [9.17, 15) is 13.2 Å². The van der Waals surface area contributed by atoms with Gasteiger partial charge in [0, 0.05) is 29.8 Å². The Morgan fingerprint density at radius 1 is 1.14 bits per heavy atom. The number of rotatable bonds is 4. The molecule has 0 aromatic carbocycles. The predicted octanol–water partition coefficient (Wildman–Crippen LogP) is 3.22. The Kier molecular flexibility index (Phi) is 4.60. The first-order valence-corrected chi connectivity index (χ1v) is 13.3. The molecule has 5 aliphatic rings. The highest BCUT2D eigenvalue weighted by molar-refractivity contribution is 7.88. The summed E-state index contributed by atoms with van der Waals surface area (Å²) in [5.41, 5.74) is 1.47. The number of hydrogen-bond donors (Lipinski definition) is 1. The molecule has 2 heterocycles. The van der Waals surface area contributed by atoms with Gasteiger partial charge in [0.15, 0.2) is 5.13 Å². The predicted molar refractivity (Wildman–Crippen MR) is 110 cm³/mol. The van der Waals surface area contributed by atoms with Crippen molar-refractivity contribution in [3.05, 3.63) is 11.1 Å². The molecule has 1 aliphatic heterocycles. The summed E-state index contributed by atoms with van der Waals surface area (Å²) in [7, 11) is -3.16. The van der Waals surface area contributed by atoms with Crippen molar-refractivity contribution in [3.63, 3.8) is 0 Å². The number of nitrogens with one attached hydrogen (secondary N) is 1. The Morgan fingerprint density at radius 3 is 2.25 bits per heavy atom. The zero-order valence-corrected chi connectivity index (χ0v) is 18.0. The Bertz CT molecular complexity index is 836. The Hall–Kier alpha value is -0.990. The number of nitrogens with zero attached hydrogens (tertiary/aromatic N) is 2. The van der Waals surface area contributed by atoms with E-state index in [0.29, 0.717) is 31.1 Å². The molecule has 1 aromatic rings. The van der Waals surface area contributed by atoms with Crippen molar-refractivity contribution >= 4 is 32.4 Å². The molecule has 5 fully saturated rings. The molecule has 0 atom stereocenters. The second kappa shape index (κ2) is 6.77. The average molecular weight is 424 g/mol. The molecule has 0 spiro atoms. The van der Waals surface area contributed by atoms with Crippen molar-refractivity contribution in [1.29, 1.82) is 0 Å². The smallest absolute Gasteiger partial charge is 0.229 e. The van der Waals surface area contributed by atoms with Crippen LogP contribution in [0.5, 0.6) is 0 Å². The van der Waals surface area contributed by atoms with Crippen LogP contribution in [0.2, 0.25) is 0 Å². The van der Waals surface area contributed by atoms with Gasteiger partial charge in [0.25, 0.3) is 0 Å². The molecule has 6 nitrogen and oxygen atoms in total. The molecular weight excluding hydrogens is 394 g/mol. The van der Waals surface area contributed by atoms with E-state index < -0.39 is 10.0 Å².